The predicted octanol–water partition coefficient (Wildman–Crippen LogP) is 2.15. The van der Waals surface area contributed by atoms with Crippen molar-refractivity contribution in [2.24, 2.45) is 0 Å². The summed E-state index contributed by atoms with van der Waals surface area (Å²) in [6, 6.07) is 13.1. The van der Waals surface area contributed by atoms with Gasteiger partial charge in [0.2, 0.25) is 5.88 Å². The monoisotopic (exact) mass is 271 g/mol. The van der Waals surface area contributed by atoms with Crippen molar-refractivity contribution in [1.29, 1.82) is 0 Å². The van der Waals surface area contributed by atoms with Gasteiger partial charge in [0.25, 0.3) is 5.91 Å². The molecule has 2 rings (SSSR count). The summed E-state index contributed by atoms with van der Waals surface area (Å²) in [5, 5.41) is 7.72. The number of ether oxygens (including phenoxy) is 1. The van der Waals surface area contributed by atoms with Crippen LogP contribution in [0, 0.1) is 0 Å². The van der Waals surface area contributed by atoms with Crippen molar-refractivity contribution < 1.29 is 9.53 Å². The standard InChI is InChI=1S/C15H17N3O2/c1-3-18(11-12-7-5-4-6-8-12)15(19)13-9-10-14(20-2)17-16-13/h4-10H,3,11H2,1-2H3. The maximum Gasteiger partial charge on any atom is 0.274 e. The van der Waals surface area contributed by atoms with Gasteiger partial charge in [-0.15, -0.1) is 10.2 Å². The highest BCUT2D eigenvalue weighted by Gasteiger charge is 2.16. The van der Waals surface area contributed by atoms with Gasteiger partial charge < -0.3 is 9.64 Å². The number of benzene rings is 1. The minimum absolute atomic E-state index is 0.133. The van der Waals surface area contributed by atoms with Gasteiger partial charge in [0.1, 0.15) is 0 Å². The average Bonchev–Trinajstić information content (AvgIpc) is 2.53. The lowest BCUT2D eigenvalue weighted by atomic mass is 10.2. The van der Waals surface area contributed by atoms with Crippen molar-refractivity contribution in [2.75, 3.05) is 13.7 Å². The number of carbonyl (C=O) groups excluding carboxylic acids is 1. The summed E-state index contributed by atoms with van der Waals surface area (Å²) in [5.41, 5.74) is 1.41. The Morgan fingerprint density at radius 3 is 2.45 bits per heavy atom. The second-order valence-electron chi connectivity index (χ2n) is 4.27. The molecule has 0 bridgehead atoms. The molecule has 0 aliphatic heterocycles. The van der Waals surface area contributed by atoms with E-state index in [1.54, 1.807) is 17.0 Å². The topological polar surface area (TPSA) is 55.3 Å². The Kier molecular flexibility index (Phi) is 4.65. The van der Waals surface area contributed by atoms with E-state index >= 15 is 0 Å². The van der Waals surface area contributed by atoms with E-state index in [9.17, 15) is 4.79 Å². The van der Waals surface area contributed by atoms with E-state index in [2.05, 4.69) is 10.2 Å². The number of rotatable bonds is 5. The van der Waals surface area contributed by atoms with Gasteiger partial charge in [0.15, 0.2) is 5.69 Å². The van der Waals surface area contributed by atoms with Crippen molar-refractivity contribution in [2.45, 2.75) is 13.5 Å². The third-order valence-corrected chi connectivity index (χ3v) is 2.95. The van der Waals surface area contributed by atoms with Crippen molar-refractivity contribution in [3.05, 3.63) is 53.7 Å². The van der Waals surface area contributed by atoms with Crippen LogP contribution in [-0.4, -0.2) is 34.7 Å². The van der Waals surface area contributed by atoms with Crippen LogP contribution >= 0.6 is 0 Å². The molecule has 0 unspecified atom stereocenters. The Morgan fingerprint density at radius 1 is 1.15 bits per heavy atom. The van der Waals surface area contributed by atoms with Crippen LogP contribution < -0.4 is 4.74 Å². The number of amides is 1. The van der Waals surface area contributed by atoms with Crippen LogP contribution in [0.15, 0.2) is 42.5 Å². The number of aromatic nitrogens is 2. The maximum atomic E-state index is 12.4. The molecular weight excluding hydrogens is 254 g/mol. The lowest BCUT2D eigenvalue weighted by Crippen LogP contribution is -2.31. The van der Waals surface area contributed by atoms with Gasteiger partial charge in [-0.1, -0.05) is 30.3 Å². The lowest BCUT2D eigenvalue weighted by Gasteiger charge is -2.20. The van der Waals surface area contributed by atoms with Crippen LogP contribution in [0.25, 0.3) is 0 Å². The highest BCUT2D eigenvalue weighted by atomic mass is 16.5. The smallest absolute Gasteiger partial charge is 0.274 e. The van der Waals surface area contributed by atoms with Crippen molar-refractivity contribution >= 4 is 5.91 Å². The Balaban J connectivity index is 2.12. The summed E-state index contributed by atoms with van der Waals surface area (Å²) in [6.07, 6.45) is 0. The molecule has 0 radical (unpaired) electrons. The van der Waals surface area contributed by atoms with E-state index in [0.717, 1.165) is 5.56 Å². The zero-order valence-corrected chi connectivity index (χ0v) is 11.6. The molecule has 1 aromatic carbocycles. The van der Waals surface area contributed by atoms with Gasteiger partial charge >= 0.3 is 0 Å². The fraction of sp³-hybridized carbons (Fsp3) is 0.267. The summed E-state index contributed by atoms with van der Waals surface area (Å²) in [4.78, 5) is 14.1. The van der Waals surface area contributed by atoms with E-state index in [0.29, 0.717) is 24.7 Å². The molecule has 0 N–H and O–H groups in total. The largest absolute Gasteiger partial charge is 0.480 e. The van der Waals surface area contributed by atoms with E-state index in [-0.39, 0.29) is 5.91 Å². The highest BCUT2D eigenvalue weighted by Crippen LogP contribution is 2.10. The summed E-state index contributed by atoms with van der Waals surface area (Å²) in [7, 11) is 1.51. The molecule has 0 saturated carbocycles. The van der Waals surface area contributed by atoms with Crippen molar-refractivity contribution in [3.8, 4) is 5.88 Å². The Bertz CT molecular complexity index is 555. The van der Waals surface area contributed by atoms with E-state index < -0.39 is 0 Å². The van der Waals surface area contributed by atoms with Crippen molar-refractivity contribution in [1.82, 2.24) is 15.1 Å². The highest BCUT2D eigenvalue weighted by molar-refractivity contribution is 5.92. The fourth-order valence-corrected chi connectivity index (χ4v) is 1.84. The summed E-state index contributed by atoms with van der Waals surface area (Å²) in [5.74, 6) is 0.263. The summed E-state index contributed by atoms with van der Waals surface area (Å²) < 4.78 is 4.93. The normalized spacial score (nSPS) is 10.1. The molecule has 1 amide bonds. The zero-order valence-electron chi connectivity index (χ0n) is 11.6. The molecule has 0 saturated heterocycles. The number of carbonyl (C=O) groups is 1. The fourth-order valence-electron chi connectivity index (χ4n) is 1.84. The maximum absolute atomic E-state index is 12.4. The van der Waals surface area contributed by atoms with Crippen LogP contribution in [-0.2, 0) is 6.54 Å². The van der Waals surface area contributed by atoms with Crippen LogP contribution in [0.3, 0.4) is 0 Å². The van der Waals surface area contributed by atoms with Gasteiger partial charge in [-0.05, 0) is 18.6 Å². The average molecular weight is 271 g/mol. The first-order valence-corrected chi connectivity index (χ1v) is 6.45. The molecule has 0 aliphatic carbocycles. The predicted molar refractivity (Wildman–Crippen MR) is 75.4 cm³/mol. The molecule has 104 valence electrons. The molecule has 0 aliphatic rings. The van der Waals surface area contributed by atoms with Crippen molar-refractivity contribution in [3.63, 3.8) is 0 Å². The number of hydrogen-bond donors (Lipinski definition) is 0. The first kappa shape index (κ1) is 14.0. The van der Waals surface area contributed by atoms with Gasteiger partial charge in [-0.3, -0.25) is 4.79 Å². The molecule has 0 atom stereocenters. The number of methoxy groups -OCH3 is 1. The van der Waals surface area contributed by atoms with Gasteiger partial charge in [-0.2, -0.15) is 0 Å². The zero-order chi connectivity index (χ0) is 14.4. The third kappa shape index (κ3) is 3.32. The van der Waals surface area contributed by atoms with Gasteiger partial charge in [-0.25, -0.2) is 0 Å². The molecule has 0 fully saturated rings. The van der Waals surface area contributed by atoms with Crippen LogP contribution in [0.4, 0.5) is 0 Å². The van der Waals surface area contributed by atoms with E-state index in [1.807, 2.05) is 37.3 Å². The molecular formula is C15H17N3O2. The van der Waals surface area contributed by atoms with E-state index in [1.165, 1.54) is 7.11 Å². The first-order valence-electron chi connectivity index (χ1n) is 6.45. The Morgan fingerprint density at radius 2 is 1.90 bits per heavy atom. The molecule has 1 heterocycles. The minimum Gasteiger partial charge on any atom is -0.480 e. The molecule has 0 spiro atoms. The number of nitrogens with zero attached hydrogens (tertiary/aromatic N) is 3. The van der Waals surface area contributed by atoms with Gasteiger partial charge in [0, 0.05) is 19.2 Å². The Labute approximate surface area is 118 Å². The second kappa shape index (κ2) is 6.65. The lowest BCUT2D eigenvalue weighted by molar-refractivity contribution is 0.0745. The summed E-state index contributed by atoms with van der Waals surface area (Å²) >= 11 is 0. The second-order valence-corrected chi connectivity index (χ2v) is 4.27. The molecule has 1 aromatic heterocycles. The Hall–Kier alpha value is -2.43. The molecule has 20 heavy (non-hydrogen) atoms. The SMILES string of the molecule is CCN(Cc1ccccc1)C(=O)c1ccc(OC)nn1. The van der Waals surface area contributed by atoms with Crippen LogP contribution in [0.1, 0.15) is 23.0 Å². The summed E-state index contributed by atoms with van der Waals surface area (Å²) in [6.45, 7) is 3.11. The third-order valence-electron chi connectivity index (χ3n) is 2.95. The quantitative estimate of drug-likeness (QED) is 0.836. The van der Waals surface area contributed by atoms with E-state index in [4.69, 9.17) is 4.74 Å². The number of hydrogen-bond acceptors (Lipinski definition) is 4. The molecule has 2 aromatic rings. The molecule has 5 heteroatoms. The first-order chi connectivity index (χ1) is 9.74. The minimum atomic E-state index is -0.133. The molecule has 5 nitrogen and oxygen atoms in total. The van der Waals surface area contributed by atoms with Gasteiger partial charge in [0.05, 0.1) is 7.11 Å². The van der Waals surface area contributed by atoms with Crippen LogP contribution in [0.2, 0.25) is 0 Å². The van der Waals surface area contributed by atoms with Crippen LogP contribution in [0.5, 0.6) is 5.88 Å².